The molecule has 0 radical (unpaired) electrons. The average molecular weight is 311 g/mol. The molecule has 0 unspecified atom stereocenters. The van der Waals surface area contributed by atoms with Gasteiger partial charge >= 0.3 is 113 Å². The van der Waals surface area contributed by atoms with Crippen molar-refractivity contribution < 1.29 is 4.79 Å². The summed E-state index contributed by atoms with van der Waals surface area (Å²) in [6, 6.07) is 10.8. The number of benzene rings is 1. The number of fused-ring (bicyclic) bond motifs is 1. The quantitative estimate of drug-likeness (QED) is 0.781. The Morgan fingerprint density at radius 3 is 2.82 bits per heavy atom. The van der Waals surface area contributed by atoms with Crippen molar-refractivity contribution in [2.45, 2.75) is 35.7 Å². The van der Waals surface area contributed by atoms with Gasteiger partial charge in [-0.15, -0.1) is 0 Å². The molecule has 3 atom stereocenters. The molecule has 0 N–H and O–H groups in total. The molecule has 1 saturated heterocycles. The first-order chi connectivity index (χ1) is 8.33. The fourth-order valence-corrected chi connectivity index (χ4v) is 7.52. The minimum atomic E-state index is 0.441. The molecule has 2 fully saturated rings. The number of hydrogen-bond acceptors (Lipinski definition) is 2. The van der Waals surface area contributed by atoms with E-state index in [1.165, 1.54) is 23.7 Å². The molecule has 3 heteroatoms. The molecule has 1 aliphatic carbocycles. The number of carbonyl (C=O) groups is 1. The topological polar surface area (TPSA) is 17.1 Å². The molecule has 1 heterocycles. The number of rotatable bonds is 2. The Morgan fingerprint density at radius 2 is 2.00 bits per heavy atom. The van der Waals surface area contributed by atoms with Crippen LogP contribution in [0, 0.1) is 5.92 Å². The van der Waals surface area contributed by atoms with Gasteiger partial charge in [-0.3, -0.25) is 0 Å². The van der Waals surface area contributed by atoms with E-state index in [1.54, 1.807) is 11.8 Å². The Kier molecular flexibility index (Phi) is 3.60. The zero-order valence-electron chi connectivity index (χ0n) is 9.67. The number of carbonyl (C=O) groups excluding carboxylic acids is 1. The molecule has 0 amide bonds. The third-order valence-corrected chi connectivity index (χ3v) is 8.31. The van der Waals surface area contributed by atoms with Crippen LogP contribution in [0.4, 0.5) is 0 Å². The van der Waals surface area contributed by atoms with Crippen molar-refractivity contribution >= 4 is 36.3 Å². The van der Waals surface area contributed by atoms with Gasteiger partial charge < -0.3 is 0 Å². The first-order valence-corrected chi connectivity index (χ1v) is 8.96. The Balaban J connectivity index is 1.72. The Labute approximate surface area is 113 Å². The Bertz CT molecular complexity index is 406. The SMILES string of the molecule is O=C1C[C@H]2CCC[C@@H]([Se]c3ccccc3)[C@H]2S1. The molecule has 1 aromatic rings. The predicted molar refractivity (Wildman–Crippen MR) is 73.9 cm³/mol. The van der Waals surface area contributed by atoms with E-state index in [0.29, 0.717) is 31.2 Å². The number of hydrogen-bond donors (Lipinski definition) is 0. The number of thioether (sulfide) groups is 1. The monoisotopic (exact) mass is 312 g/mol. The molecule has 3 rings (SSSR count). The Morgan fingerprint density at radius 1 is 1.18 bits per heavy atom. The molecular weight excluding hydrogens is 295 g/mol. The second-order valence-corrected chi connectivity index (χ2v) is 8.81. The summed E-state index contributed by atoms with van der Waals surface area (Å²) in [5, 5.41) is 1.08. The summed E-state index contributed by atoms with van der Waals surface area (Å²) in [7, 11) is 0. The van der Waals surface area contributed by atoms with Crippen LogP contribution in [0.1, 0.15) is 25.7 Å². The van der Waals surface area contributed by atoms with Crippen molar-refractivity contribution in [2.75, 3.05) is 0 Å². The standard InChI is InChI=1S/C14H16OSSe/c15-13-9-10-5-4-8-12(14(10)16-13)17-11-6-2-1-3-7-11/h1-3,6-7,10,12,14H,4-5,8-9H2/t10-,12-,14+/m1/s1. The van der Waals surface area contributed by atoms with Gasteiger partial charge in [0.25, 0.3) is 0 Å². The molecule has 0 bridgehead atoms. The van der Waals surface area contributed by atoms with Crippen LogP contribution in [0.5, 0.6) is 0 Å². The molecular formula is C14H16OSSe. The molecule has 2 aliphatic rings. The van der Waals surface area contributed by atoms with Gasteiger partial charge in [-0.25, -0.2) is 0 Å². The summed E-state index contributed by atoms with van der Waals surface area (Å²) in [4.78, 5) is 12.4. The van der Waals surface area contributed by atoms with Gasteiger partial charge in [0.15, 0.2) is 0 Å². The second kappa shape index (κ2) is 5.17. The van der Waals surface area contributed by atoms with Crippen LogP contribution in [-0.2, 0) is 4.79 Å². The summed E-state index contributed by atoms with van der Waals surface area (Å²) < 4.78 is 1.49. The second-order valence-electron chi connectivity index (χ2n) is 4.82. The molecule has 1 saturated carbocycles. The van der Waals surface area contributed by atoms with E-state index in [2.05, 4.69) is 30.3 Å². The van der Waals surface area contributed by atoms with E-state index in [-0.39, 0.29) is 0 Å². The van der Waals surface area contributed by atoms with Gasteiger partial charge in [-0.1, -0.05) is 0 Å². The van der Waals surface area contributed by atoms with Crippen LogP contribution in [0.2, 0.25) is 4.82 Å². The van der Waals surface area contributed by atoms with E-state index in [9.17, 15) is 4.79 Å². The van der Waals surface area contributed by atoms with Gasteiger partial charge in [0.05, 0.1) is 0 Å². The molecule has 0 aromatic heterocycles. The van der Waals surface area contributed by atoms with Gasteiger partial charge in [-0.2, -0.15) is 0 Å². The molecule has 90 valence electrons. The van der Waals surface area contributed by atoms with E-state index < -0.39 is 0 Å². The normalized spacial score (nSPS) is 32.5. The van der Waals surface area contributed by atoms with Gasteiger partial charge in [0.2, 0.25) is 0 Å². The van der Waals surface area contributed by atoms with Crippen molar-refractivity contribution in [1.82, 2.24) is 0 Å². The molecule has 1 nitrogen and oxygen atoms in total. The van der Waals surface area contributed by atoms with Crippen molar-refractivity contribution in [1.29, 1.82) is 0 Å². The summed E-state index contributed by atoms with van der Waals surface area (Å²) in [6.45, 7) is 0. The van der Waals surface area contributed by atoms with Crippen LogP contribution >= 0.6 is 11.8 Å². The van der Waals surface area contributed by atoms with E-state index in [4.69, 9.17) is 0 Å². The summed E-state index contributed by atoms with van der Waals surface area (Å²) in [5.74, 6) is 0.692. The first-order valence-electron chi connectivity index (χ1n) is 6.24. The summed E-state index contributed by atoms with van der Waals surface area (Å²) in [5.41, 5.74) is 0. The van der Waals surface area contributed by atoms with Crippen molar-refractivity contribution in [3.8, 4) is 0 Å². The van der Waals surface area contributed by atoms with E-state index in [1.807, 2.05) is 0 Å². The first kappa shape index (κ1) is 11.8. The summed E-state index contributed by atoms with van der Waals surface area (Å²) >= 11 is 2.20. The molecule has 0 spiro atoms. The van der Waals surface area contributed by atoms with Crippen molar-refractivity contribution in [2.24, 2.45) is 5.92 Å². The summed E-state index contributed by atoms with van der Waals surface area (Å²) in [6.07, 6.45) is 4.78. The van der Waals surface area contributed by atoms with E-state index in [0.717, 1.165) is 11.2 Å². The fraction of sp³-hybridized carbons (Fsp3) is 0.500. The maximum atomic E-state index is 11.6. The molecule has 1 aliphatic heterocycles. The van der Waals surface area contributed by atoms with Crippen molar-refractivity contribution in [3.63, 3.8) is 0 Å². The van der Waals surface area contributed by atoms with Crippen LogP contribution in [-0.4, -0.2) is 25.3 Å². The average Bonchev–Trinajstić information content (AvgIpc) is 2.72. The van der Waals surface area contributed by atoms with E-state index >= 15 is 0 Å². The molecule has 1 aromatic carbocycles. The molecule has 17 heavy (non-hydrogen) atoms. The van der Waals surface area contributed by atoms with Crippen LogP contribution in [0.25, 0.3) is 0 Å². The van der Waals surface area contributed by atoms with Crippen LogP contribution < -0.4 is 4.46 Å². The van der Waals surface area contributed by atoms with Gasteiger partial charge in [0, 0.05) is 0 Å². The fourth-order valence-electron chi connectivity index (χ4n) is 2.82. The predicted octanol–water partition coefficient (Wildman–Crippen LogP) is 2.64. The van der Waals surface area contributed by atoms with Crippen LogP contribution in [0.3, 0.4) is 0 Å². The van der Waals surface area contributed by atoms with Gasteiger partial charge in [0.1, 0.15) is 0 Å². The Hall–Kier alpha value is -0.241. The maximum absolute atomic E-state index is 11.6. The third-order valence-electron chi connectivity index (χ3n) is 3.62. The van der Waals surface area contributed by atoms with Crippen LogP contribution in [0.15, 0.2) is 30.3 Å². The minimum absolute atomic E-state index is 0.441. The van der Waals surface area contributed by atoms with Crippen molar-refractivity contribution in [3.05, 3.63) is 30.3 Å². The zero-order valence-corrected chi connectivity index (χ0v) is 12.2. The van der Waals surface area contributed by atoms with Gasteiger partial charge in [-0.05, 0) is 0 Å². The zero-order chi connectivity index (χ0) is 11.7. The third kappa shape index (κ3) is 2.62.